The van der Waals surface area contributed by atoms with Crippen LogP contribution < -0.4 is 5.32 Å². The third-order valence-electron chi connectivity index (χ3n) is 7.37. The molecule has 2 heterocycles. The summed E-state index contributed by atoms with van der Waals surface area (Å²) in [6, 6.07) is 2.73. The monoisotopic (exact) mass is 403 g/mol. The smallest absolute Gasteiger partial charge is 0.318 e. The van der Waals surface area contributed by atoms with Gasteiger partial charge in [0.25, 0.3) is 0 Å². The minimum Gasteiger partial charge on any atom is -0.423 e. The van der Waals surface area contributed by atoms with Crippen molar-refractivity contribution >= 4 is 17.6 Å². The van der Waals surface area contributed by atoms with Crippen LogP contribution in [0.3, 0.4) is 0 Å². The van der Waals surface area contributed by atoms with E-state index in [1.54, 1.807) is 6.92 Å². The molecular formula is C20H26ClN5O2. The van der Waals surface area contributed by atoms with Crippen LogP contribution in [0.25, 0.3) is 0 Å². The van der Waals surface area contributed by atoms with Gasteiger partial charge in [0.05, 0.1) is 6.07 Å². The Morgan fingerprint density at radius 1 is 1.32 bits per heavy atom. The molecule has 1 aromatic heterocycles. The molecule has 1 N–H and O–H groups in total. The van der Waals surface area contributed by atoms with Crippen molar-refractivity contribution in [2.45, 2.75) is 81.3 Å². The van der Waals surface area contributed by atoms with Crippen LogP contribution in [0.4, 0.5) is 4.79 Å². The molecule has 1 saturated heterocycles. The second-order valence-electron chi connectivity index (χ2n) is 9.05. The third-order valence-corrected chi connectivity index (χ3v) is 7.91. The molecule has 3 aliphatic carbocycles. The number of nitriles is 1. The minimum absolute atomic E-state index is 0.0174. The van der Waals surface area contributed by atoms with Gasteiger partial charge in [-0.1, -0.05) is 0 Å². The molecule has 5 rings (SSSR count). The molecule has 150 valence electrons. The predicted octanol–water partition coefficient (Wildman–Crippen LogP) is 3.48. The summed E-state index contributed by atoms with van der Waals surface area (Å²) < 4.78 is 5.74. The third kappa shape index (κ3) is 2.80. The lowest BCUT2D eigenvalue weighted by atomic mass is 9.68. The molecule has 7 atom stereocenters. The molecule has 28 heavy (non-hydrogen) atoms. The maximum Gasteiger partial charge on any atom is 0.318 e. The van der Waals surface area contributed by atoms with Crippen molar-refractivity contribution in [1.29, 1.82) is 5.26 Å². The molecule has 3 saturated carbocycles. The number of aromatic nitrogens is 2. The quantitative estimate of drug-likeness (QED) is 0.779. The van der Waals surface area contributed by atoms with Crippen LogP contribution in [0.5, 0.6) is 0 Å². The van der Waals surface area contributed by atoms with Crippen LogP contribution in [0, 0.1) is 36.0 Å². The highest BCUT2D eigenvalue weighted by Gasteiger charge is 2.60. The number of alkyl halides is 1. The van der Waals surface area contributed by atoms with Gasteiger partial charge in [-0.05, 0) is 56.8 Å². The van der Waals surface area contributed by atoms with E-state index in [0.29, 0.717) is 23.6 Å². The molecule has 2 amide bonds. The van der Waals surface area contributed by atoms with Crippen LogP contribution in [0.15, 0.2) is 4.42 Å². The van der Waals surface area contributed by atoms with Gasteiger partial charge < -0.3 is 14.6 Å². The highest BCUT2D eigenvalue weighted by Crippen LogP contribution is 2.54. The number of piperidine rings is 1. The number of hydrogen-bond acceptors (Lipinski definition) is 5. The largest absolute Gasteiger partial charge is 0.423 e. The summed E-state index contributed by atoms with van der Waals surface area (Å²) in [5.74, 6) is 2.00. The number of carbonyl (C=O) groups excluding carboxylic acids is 1. The molecule has 8 heteroatoms. The molecule has 7 nitrogen and oxygen atoms in total. The fourth-order valence-electron chi connectivity index (χ4n) is 5.87. The first-order valence-corrected chi connectivity index (χ1v) is 10.9. The van der Waals surface area contributed by atoms with Crippen molar-refractivity contribution in [1.82, 2.24) is 20.4 Å². The summed E-state index contributed by atoms with van der Waals surface area (Å²) in [5.41, 5.74) is -0.431. The number of fused-ring (bicyclic) bond motifs is 2. The Hall–Kier alpha value is -1.81. The molecule has 1 aliphatic heterocycles. The lowest BCUT2D eigenvalue weighted by Gasteiger charge is -2.60. The van der Waals surface area contributed by atoms with Crippen LogP contribution in [-0.2, 0) is 5.54 Å². The number of hydrogen-bond donors (Lipinski definition) is 1. The molecule has 4 fully saturated rings. The summed E-state index contributed by atoms with van der Waals surface area (Å²) in [7, 11) is 0. The molecule has 2 bridgehead atoms. The second-order valence-corrected chi connectivity index (χ2v) is 9.61. The lowest BCUT2D eigenvalue weighted by molar-refractivity contribution is -0.0958. The van der Waals surface area contributed by atoms with Gasteiger partial charge in [0.15, 0.2) is 0 Å². The van der Waals surface area contributed by atoms with E-state index in [2.05, 4.69) is 21.6 Å². The second kappa shape index (κ2) is 6.62. The summed E-state index contributed by atoms with van der Waals surface area (Å²) >= 11 is 6.57. The Labute approximate surface area is 169 Å². The van der Waals surface area contributed by atoms with Crippen molar-refractivity contribution in [3.8, 4) is 6.07 Å². The Morgan fingerprint density at radius 2 is 2.18 bits per heavy atom. The van der Waals surface area contributed by atoms with Gasteiger partial charge in [-0.25, -0.2) is 4.79 Å². The number of likely N-dealkylation sites (tertiary alicyclic amines) is 1. The van der Waals surface area contributed by atoms with E-state index in [1.807, 2.05) is 4.90 Å². The number of halogens is 1. The van der Waals surface area contributed by atoms with E-state index < -0.39 is 5.54 Å². The zero-order valence-electron chi connectivity index (χ0n) is 16.1. The fraction of sp³-hybridized carbons (Fsp3) is 0.800. The normalized spacial score (nSPS) is 41.7. The maximum atomic E-state index is 13.2. The molecule has 0 spiro atoms. The molecule has 4 aliphatic rings. The fourth-order valence-corrected chi connectivity index (χ4v) is 6.28. The summed E-state index contributed by atoms with van der Waals surface area (Å²) in [6.07, 6.45) is 7.51. The van der Waals surface area contributed by atoms with Crippen molar-refractivity contribution in [2.24, 2.45) is 17.8 Å². The van der Waals surface area contributed by atoms with E-state index in [1.165, 1.54) is 0 Å². The maximum absolute atomic E-state index is 13.2. The Kier molecular flexibility index (Phi) is 4.31. The van der Waals surface area contributed by atoms with E-state index in [-0.39, 0.29) is 29.4 Å². The summed E-state index contributed by atoms with van der Waals surface area (Å²) in [5, 5.41) is 20.8. The number of carbonyl (C=O) groups is 1. The van der Waals surface area contributed by atoms with Gasteiger partial charge in [-0.15, -0.1) is 21.8 Å². The predicted molar refractivity (Wildman–Crippen MR) is 101 cm³/mol. The SMILES string of the molecule is Cc1nnc([C@]23CCC[C@H](C2)N3C(=O)NC2CCC(Cl)C([C@@H]3C[C@@H]3C#N)C2)o1. The van der Waals surface area contributed by atoms with Crippen LogP contribution in [-0.4, -0.2) is 38.6 Å². The zero-order valence-corrected chi connectivity index (χ0v) is 16.9. The average molecular weight is 404 g/mol. The zero-order chi connectivity index (χ0) is 19.5. The average Bonchev–Trinajstić information content (AvgIpc) is 3.34. The van der Waals surface area contributed by atoms with Crippen molar-refractivity contribution in [3.05, 3.63) is 11.8 Å². The van der Waals surface area contributed by atoms with Crippen LogP contribution in [0.2, 0.25) is 0 Å². The first kappa shape index (κ1) is 18.2. The summed E-state index contributed by atoms with van der Waals surface area (Å²) in [4.78, 5) is 15.2. The van der Waals surface area contributed by atoms with Gasteiger partial charge in [-0.3, -0.25) is 0 Å². The van der Waals surface area contributed by atoms with Gasteiger partial charge in [-0.2, -0.15) is 5.26 Å². The van der Waals surface area contributed by atoms with Gasteiger partial charge in [0.2, 0.25) is 11.8 Å². The van der Waals surface area contributed by atoms with Gasteiger partial charge >= 0.3 is 6.03 Å². The topological polar surface area (TPSA) is 95.0 Å². The van der Waals surface area contributed by atoms with E-state index in [9.17, 15) is 4.79 Å². The standard InChI is InChI=1S/C20H26ClN5O2/c1-11-24-25-18(28-11)20-6-2-3-14(9-20)26(20)19(27)23-13-4-5-17(21)16(8-13)15-7-12(15)10-22/h12-17H,2-9H2,1H3,(H,23,27)/t12-,13?,14-,15-,16?,17?,20+/m1/s1. The van der Waals surface area contributed by atoms with Crippen molar-refractivity contribution < 1.29 is 9.21 Å². The van der Waals surface area contributed by atoms with E-state index >= 15 is 0 Å². The Morgan fingerprint density at radius 3 is 2.86 bits per heavy atom. The van der Waals surface area contributed by atoms with Crippen molar-refractivity contribution in [2.75, 3.05) is 0 Å². The number of nitrogens with zero attached hydrogens (tertiary/aromatic N) is 4. The van der Waals surface area contributed by atoms with Crippen molar-refractivity contribution in [3.63, 3.8) is 0 Å². The van der Waals surface area contributed by atoms with E-state index in [0.717, 1.165) is 51.4 Å². The number of nitrogens with one attached hydrogen (secondary N) is 1. The highest BCUT2D eigenvalue weighted by molar-refractivity contribution is 6.20. The minimum atomic E-state index is -0.431. The number of aryl methyl sites for hydroxylation is 1. The molecular weight excluding hydrogens is 378 g/mol. The van der Waals surface area contributed by atoms with Gasteiger partial charge in [0.1, 0.15) is 5.54 Å². The molecule has 0 aromatic carbocycles. The van der Waals surface area contributed by atoms with Crippen LogP contribution in [0.1, 0.15) is 63.1 Å². The molecule has 1 aromatic rings. The Balaban J connectivity index is 1.28. The summed E-state index contributed by atoms with van der Waals surface area (Å²) in [6.45, 7) is 1.79. The first-order chi connectivity index (χ1) is 13.5. The Bertz CT molecular complexity index is 818. The van der Waals surface area contributed by atoms with E-state index in [4.69, 9.17) is 21.3 Å². The lowest BCUT2D eigenvalue weighted by Crippen LogP contribution is -2.70. The first-order valence-electron chi connectivity index (χ1n) is 10.5. The number of rotatable bonds is 3. The molecule has 0 radical (unpaired) electrons. The van der Waals surface area contributed by atoms with Crippen LogP contribution >= 0.6 is 11.6 Å². The van der Waals surface area contributed by atoms with Gasteiger partial charge in [0, 0.05) is 36.7 Å². The number of amides is 2. The number of urea groups is 1. The molecule has 3 unspecified atom stereocenters. The highest BCUT2D eigenvalue weighted by atomic mass is 35.5.